The van der Waals surface area contributed by atoms with Crippen LogP contribution >= 0.6 is 0 Å². The summed E-state index contributed by atoms with van der Waals surface area (Å²) in [5, 5.41) is 0. The molecule has 0 heterocycles. The standard InChI is InChI=1S/C15H19F2NO/c1-18(9-11-2-5-13(19)6-3-11)10-12-4-7-14(16)15(17)8-12/h4,7-8,11H,2-3,5-6,9-10H2,1H3. The highest BCUT2D eigenvalue weighted by molar-refractivity contribution is 5.79. The molecule has 0 radical (unpaired) electrons. The minimum Gasteiger partial charge on any atom is -0.302 e. The Labute approximate surface area is 112 Å². The molecule has 0 aliphatic heterocycles. The van der Waals surface area contributed by atoms with Gasteiger partial charge in [-0.1, -0.05) is 6.07 Å². The van der Waals surface area contributed by atoms with E-state index in [9.17, 15) is 13.6 Å². The highest BCUT2D eigenvalue weighted by atomic mass is 19.2. The van der Waals surface area contributed by atoms with Crippen LogP contribution in [0.4, 0.5) is 8.78 Å². The van der Waals surface area contributed by atoms with Crippen LogP contribution in [0, 0.1) is 17.6 Å². The molecule has 1 fully saturated rings. The van der Waals surface area contributed by atoms with Gasteiger partial charge in [-0.2, -0.15) is 0 Å². The first kappa shape index (κ1) is 14.1. The van der Waals surface area contributed by atoms with E-state index in [2.05, 4.69) is 4.90 Å². The van der Waals surface area contributed by atoms with Crippen LogP contribution in [0.25, 0.3) is 0 Å². The van der Waals surface area contributed by atoms with E-state index >= 15 is 0 Å². The van der Waals surface area contributed by atoms with E-state index in [-0.39, 0.29) is 0 Å². The van der Waals surface area contributed by atoms with Crippen molar-refractivity contribution in [2.45, 2.75) is 32.2 Å². The fourth-order valence-electron chi connectivity index (χ4n) is 2.64. The number of nitrogens with zero attached hydrogens (tertiary/aromatic N) is 1. The van der Waals surface area contributed by atoms with Gasteiger partial charge in [-0.25, -0.2) is 8.78 Å². The van der Waals surface area contributed by atoms with Gasteiger partial charge in [0.15, 0.2) is 11.6 Å². The number of hydrogen-bond donors (Lipinski definition) is 0. The molecule has 0 atom stereocenters. The Morgan fingerprint density at radius 3 is 2.53 bits per heavy atom. The van der Waals surface area contributed by atoms with Crippen molar-refractivity contribution in [2.75, 3.05) is 13.6 Å². The van der Waals surface area contributed by atoms with Crippen molar-refractivity contribution in [3.8, 4) is 0 Å². The van der Waals surface area contributed by atoms with Gasteiger partial charge in [0.1, 0.15) is 5.78 Å². The minimum atomic E-state index is -0.808. The van der Waals surface area contributed by atoms with Crippen LogP contribution < -0.4 is 0 Å². The first-order chi connectivity index (χ1) is 9.04. The number of benzene rings is 1. The van der Waals surface area contributed by atoms with Gasteiger partial charge in [0.05, 0.1) is 0 Å². The number of rotatable bonds is 4. The fourth-order valence-corrected chi connectivity index (χ4v) is 2.64. The van der Waals surface area contributed by atoms with Gasteiger partial charge < -0.3 is 4.90 Å². The smallest absolute Gasteiger partial charge is 0.159 e. The normalized spacial score (nSPS) is 17.2. The molecule has 0 spiro atoms. The maximum absolute atomic E-state index is 13.1. The van der Waals surface area contributed by atoms with Crippen molar-refractivity contribution in [2.24, 2.45) is 5.92 Å². The van der Waals surface area contributed by atoms with Crippen LogP contribution in [0.1, 0.15) is 31.2 Å². The predicted molar refractivity (Wildman–Crippen MR) is 69.7 cm³/mol. The molecule has 1 aliphatic rings. The Bertz CT molecular complexity index is 451. The molecule has 19 heavy (non-hydrogen) atoms. The molecule has 1 aromatic carbocycles. The summed E-state index contributed by atoms with van der Waals surface area (Å²) >= 11 is 0. The van der Waals surface area contributed by atoms with Crippen molar-refractivity contribution < 1.29 is 13.6 Å². The van der Waals surface area contributed by atoms with Crippen molar-refractivity contribution in [3.63, 3.8) is 0 Å². The third-order valence-corrected chi connectivity index (χ3v) is 3.67. The summed E-state index contributed by atoms with van der Waals surface area (Å²) in [6, 6.07) is 4.02. The van der Waals surface area contributed by atoms with Gasteiger partial charge in [0.25, 0.3) is 0 Å². The topological polar surface area (TPSA) is 20.3 Å². The van der Waals surface area contributed by atoms with Gasteiger partial charge >= 0.3 is 0 Å². The third kappa shape index (κ3) is 4.10. The van der Waals surface area contributed by atoms with Gasteiger partial charge in [-0.05, 0) is 43.5 Å². The first-order valence-electron chi connectivity index (χ1n) is 6.69. The molecule has 0 N–H and O–H groups in total. The summed E-state index contributed by atoms with van der Waals surface area (Å²) in [4.78, 5) is 13.3. The molecular weight excluding hydrogens is 248 g/mol. The van der Waals surface area contributed by atoms with E-state index in [1.165, 1.54) is 6.07 Å². The lowest BCUT2D eigenvalue weighted by Crippen LogP contribution is -2.28. The third-order valence-electron chi connectivity index (χ3n) is 3.67. The van der Waals surface area contributed by atoms with E-state index in [0.717, 1.165) is 31.0 Å². The van der Waals surface area contributed by atoms with Crippen LogP contribution in [0.5, 0.6) is 0 Å². The molecule has 2 rings (SSSR count). The maximum atomic E-state index is 13.1. The molecular formula is C15H19F2NO. The second-order valence-electron chi connectivity index (χ2n) is 5.43. The zero-order valence-corrected chi connectivity index (χ0v) is 11.2. The van der Waals surface area contributed by atoms with E-state index < -0.39 is 11.6 Å². The van der Waals surface area contributed by atoms with Gasteiger partial charge in [0.2, 0.25) is 0 Å². The number of carbonyl (C=O) groups excluding carboxylic acids is 1. The fraction of sp³-hybridized carbons (Fsp3) is 0.533. The molecule has 1 aliphatic carbocycles. The predicted octanol–water partition coefficient (Wildman–Crippen LogP) is 3.16. The lowest BCUT2D eigenvalue weighted by atomic mass is 9.88. The average Bonchev–Trinajstić information content (AvgIpc) is 2.37. The van der Waals surface area contributed by atoms with Crippen molar-refractivity contribution in [3.05, 3.63) is 35.4 Å². The summed E-state index contributed by atoms with van der Waals surface area (Å²) in [6.07, 6.45) is 3.26. The van der Waals surface area contributed by atoms with Crippen LogP contribution in [-0.2, 0) is 11.3 Å². The SMILES string of the molecule is CN(Cc1ccc(F)c(F)c1)CC1CCC(=O)CC1. The van der Waals surface area contributed by atoms with Gasteiger partial charge in [-0.3, -0.25) is 4.79 Å². The largest absolute Gasteiger partial charge is 0.302 e. The van der Waals surface area contributed by atoms with Crippen molar-refractivity contribution >= 4 is 5.78 Å². The number of carbonyl (C=O) groups is 1. The molecule has 4 heteroatoms. The molecule has 1 saturated carbocycles. The Kier molecular flexibility index (Phi) is 4.64. The monoisotopic (exact) mass is 267 g/mol. The number of hydrogen-bond acceptors (Lipinski definition) is 2. The molecule has 0 unspecified atom stereocenters. The zero-order chi connectivity index (χ0) is 13.8. The van der Waals surface area contributed by atoms with Crippen LogP contribution in [0.2, 0.25) is 0 Å². The molecule has 104 valence electrons. The van der Waals surface area contributed by atoms with E-state index in [0.29, 0.717) is 31.1 Å². The molecule has 0 saturated heterocycles. The average molecular weight is 267 g/mol. The van der Waals surface area contributed by atoms with Crippen molar-refractivity contribution in [1.29, 1.82) is 0 Å². The second kappa shape index (κ2) is 6.24. The molecule has 0 bridgehead atoms. The Balaban J connectivity index is 1.85. The first-order valence-corrected chi connectivity index (χ1v) is 6.69. The number of Topliss-reactive ketones (excluding diaryl/α,β-unsaturated/α-hetero) is 1. The Morgan fingerprint density at radius 1 is 1.21 bits per heavy atom. The zero-order valence-electron chi connectivity index (χ0n) is 11.2. The van der Waals surface area contributed by atoms with E-state index in [1.54, 1.807) is 6.07 Å². The Hall–Kier alpha value is -1.29. The second-order valence-corrected chi connectivity index (χ2v) is 5.43. The highest BCUT2D eigenvalue weighted by Crippen LogP contribution is 2.22. The van der Waals surface area contributed by atoms with Crippen molar-refractivity contribution in [1.82, 2.24) is 4.90 Å². The molecule has 0 amide bonds. The molecule has 0 aromatic heterocycles. The van der Waals surface area contributed by atoms with Crippen LogP contribution in [0.3, 0.4) is 0 Å². The summed E-state index contributed by atoms with van der Waals surface area (Å²) in [6.45, 7) is 1.49. The van der Waals surface area contributed by atoms with E-state index in [1.807, 2.05) is 7.05 Å². The van der Waals surface area contributed by atoms with E-state index in [4.69, 9.17) is 0 Å². The highest BCUT2D eigenvalue weighted by Gasteiger charge is 2.20. The lowest BCUT2D eigenvalue weighted by Gasteiger charge is -2.26. The molecule has 2 nitrogen and oxygen atoms in total. The van der Waals surface area contributed by atoms with Crippen LogP contribution in [-0.4, -0.2) is 24.3 Å². The summed E-state index contributed by atoms with van der Waals surface area (Å²) < 4.78 is 25.9. The lowest BCUT2D eigenvalue weighted by molar-refractivity contribution is -0.121. The van der Waals surface area contributed by atoms with Gasteiger partial charge in [0, 0.05) is 25.9 Å². The van der Waals surface area contributed by atoms with Crippen LogP contribution in [0.15, 0.2) is 18.2 Å². The Morgan fingerprint density at radius 2 is 1.89 bits per heavy atom. The molecule has 1 aromatic rings. The number of ketones is 1. The summed E-state index contributed by atoms with van der Waals surface area (Å²) in [5.41, 5.74) is 0.772. The minimum absolute atomic E-state index is 0.361. The maximum Gasteiger partial charge on any atom is 0.159 e. The number of halogens is 2. The summed E-state index contributed by atoms with van der Waals surface area (Å²) in [5.74, 6) is -0.709. The quantitative estimate of drug-likeness (QED) is 0.835. The van der Waals surface area contributed by atoms with Gasteiger partial charge in [-0.15, -0.1) is 0 Å². The summed E-state index contributed by atoms with van der Waals surface area (Å²) in [7, 11) is 1.97.